The van der Waals surface area contributed by atoms with Gasteiger partial charge in [0, 0.05) is 31.4 Å². The minimum absolute atomic E-state index is 0.155. The molecule has 0 bridgehead atoms. The van der Waals surface area contributed by atoms with Gasteiger partial charge >= 0.3 is 0 Å². The molecule has 0 aliphatic heterocycles. The molecule has 0 saturated carbocycles. The first-order chi connectivity index (χ1) is 8.10. The monoisotopic (exact) mass is 240 g/mol. The van der Waals surface area contributed by atoms with E-state index in [-0.39, 0.29) is 18.5 Å². The van der Waals surface area contributed by atoms with Crippen molar-refractivity contribution in [1.29, 1.82) is 0 Å². The van der Waals surface area contributed by atoms with Gasteiger partial charge in [0.2, 0.25) is 0 Å². The Morgan fingerprint density at radius 1 is 1.41 bits per heavy atom. The first kappa shape index (κ1) is 13.9. The van der Waals surface area contributed by atoms with Crippen LogP contribution in [0.3, 0.4) is 0 Å². The Balaban J connectivity index is 3.00. The Morgan fingerprint density at radius 2 is 2.12 bits per heavy atom. The van der Waals surface area contributed by atoms with Crippen molar-refractivity contribution in [3.8, 4) is 0 Å². The molecular weight excluding hydrogens is 219 g/mol. The summed E-state index contributed by atoms with van der Waals surface area (Å²) in [6.45, 7) is 5.35. The minimum atomic E-state index is -0.264. The van der Waals surface area contributed by atoms with Gasteiger partial charge in [0.05, 0.1) is 0 Å². The molecule has 0 heterocycles. The van der Waals surface area contributed by atoms with E-state index in [0.717, 1.165) is 17.8 Å². The summed E-state index contributed by atoms with van der Waals surface area (Å²) in [4.78, 5) is 2.14. The molecule has 1 aromatic rings. The highest BCUT2D eigenvalue weighted by molar-refractivity contribution is 5.54. The zero-order valence-electron chi connectivity index (χ0n) is 10.5. The van der Waals surface area contributed by atoms with Gasteiger partial charge < -0.3 is 15.7 Å². The number of halogens is 1. The van der Waals surface area contributed by atoms with Crippen molar-refractivity contribution in [3.05, 3.63) is 29.6 Å². The van der Waals surface area contributed by atoms with Crippen LogP contribution in [0.5, 0.6) is 0 Å². The molecule has 0 atom stereocenters. The smallest absolute Gasteiger partial charge is 0.123 e. The number of benzene rings is 1. The molecule has 0 fully saturated rings. The number of nitrogens with two attached hydrogens (primary N) is 1. The van der Waals surface area contributed by atoms with E-state index in [1.165, 1.54) is 12.1 Å². The zero-order chi connectivity index (χ0) is 12.8. The fraction of sp³-hybridized carbons (Fsp3) is 0.538. The number of aliphatic hydroxyl groups excluding tert-OH is 1. The third-order valence-electron chi connectivity index (χ3n) is 2.75. The van der Waals surface area contributed by atoms with Crippen LogP contribution in [0.2, 0.25) is 0 Å². The van der Waals surface area contributed by atoms with Gasteiger partial charge in [0.1, 0.15) is 5.82 Å². The summed E-state index contributed by atoms with van der Waals surface area (Å²) in [6, 6.07) is 4.97. The minimum Gasteiger partial charge on any atom is -0.396 e. The van der Waals surface area contributed by atoms with Crippen molar-refractivity contribution >= 4 is 5.69 Å². The lowest BCUT2D eigenvalue weighted by atomic mass is 10.1. The second-order valence-electron chi connectivity index (χ2n) is 4.34. The van der Waals surface area contributed by atoms with Crippen molar-refractivity contribution in [1.82, 2.24) is 0 Å². The van der Waals surface area contributed by atoms with E-state index in [0.29, 0.717) is 13.0 Å². The maximum atomic E-state index is 13.1. The molecule has 17 heavy (non-hydrogen) atoms. The van der Waals surface area contributed by atoms with Gasteiger partial charge in [-0.15, -0.1) is 0 Å². The van der Waals surface area contributed by atoms with Gasteiger partial charge in [-0.25, -0.2) is 4.39 Å². The molecule has 1 rings (SSSR count). The van der Waals surface area contributed by atoms with E-state index in [1.54, 1.807) is 6.07 Å². The SMILES string of the molecule is CC(C)N(CCCO)c1ccc(F)cc1CN. The fourth-order valence-electron chi connectivity index (χ4n) is 1.90. The third kappa shape index (κ3) is 3.68. The van der Waals surface area contributed by atoms with E-state index in [2.05, 4.69) is 18.7 Å². The van der Waals surface area contributed by atoms with Crippen LogP contribution in [0.15, 0.2) is 18.2 Å². The zero-order valence-corrected chi connectivity index (χ0v) is 10.5. The Hall–Kier alpha value is -1.13. The average molecular weight is 240 g/mol. The molecular formula is C13H21FN2O. The van der Waals surface area contributed by atoms with E-state index in [1.807, 2.05) is 0 Å². The summed E-state index contributed by atoms with van der Waals surface area (Å²) in [5.74, 6) is -0.264. The quantitative estimate of drug-likeness (QED) is 0.798. The molecule has 96 valence electrons. The normalized spacial score (nSPS) is 10.9. The summed E-state index contributed by atoms with van der Waals surface area (Å²) in [5.41, 5.74) is 7.40. The highest BCUT2D eigenvalue weighted by atomic mass is 19.1. The van der Waals surface area contributed by atoms with Gasteiger partial charge in [-0.3, -0.25) is 0 Å². The highest BCUT2D eigenvalue weighted by Crippen LogP contribution is 2.23. The molecule has 3 N–H and O–H groups in total. The van der Waals surface area contributed by atoms with Crippen LogP contribution in [-0.2, 0) is 6.54 Å². The lowest BCUT2D eigenvalue weighted by Gasteiger charge is -2.30. The maximum absolute atomic E-state index is 13.1. The molecule has 0 aliphatic rings. The Kier molecular flexibility index (Phi) is 5.38. The van der Waals surface area contributed by atoms with Crippen LogP contribution < -0.4 is 10.6 Å². The summed E-state index contributed by atoms with van der Waals surface area (Å²) in [6.07, 6.45) is 0.694. The molecule has 0 aliphatic carbocycles. The van der Waals surface area contributed by atoms with Crippen molar-refractivity contribution in [2.75, 3.05) is 18.1 Å². The molecule has 0 aromatic heterocycles. The van der Waals surface area contributed by atoms with Crippen molar-refractivity contribution in [2.45, 2.75) is 32.9 Å². The Labute approximate surface area is 102 Å². The average Bonchev–Trinajstić information content (AvgIpc) is 2.30. The standard InChI is InChI=1S/C13H21FN2O/c1-10(2)16(6-3-7-17)13-5-4-12(14)8-11(13)9-15/h4-5,8,10,17H,3,6-7,9,15H2,1-2H3. The van der Waals surface area contributed by atoms with Gasteiger partial charge in [-0.1, -0.05) is 0 Å². The van der Waals surface area contributed by atoms with E-state index in [4.69, 9.17) is 10.8 Å². The molecule has 3 nitrogen and oxygen atoms in total. The number of aliphatic hydroxyl groups is 1. The topological polar surface area (TPSA) is 49.5 Å². The molecule has 1 aromatic carbocycles. The third-order valence-corrected chi connectivity index (χ3v) is 2.75. The molecule has 0 saturated heterocycles. The van der Waals surface area contributed by atoms with Gasteiger partial charge in [0.25, 0.3) is 0 Å². The molecule has 0 amide bonds. The van der Waals surface area contributed by atoms with E-state index < -0.39 is 0 Å². The second kappa shape index (κ2) is 6.57. The van der Waals surface area contributed by atoms with Crippen molar-refractivity contribution in [2.24, 2.45) is 5.73 Å². The number of anilines is 1. The Morgan fingerprint density at radius 3 is 2.65 bits per heavy atom. The van der Waals surface area contributed by atoms with Crippen molar-refractivity contribution in [3.63, 3.8) is 0 Å². The molecule has 0 radical (unpaired) electrons. The van der Waals surface area contributed by atoms with Crippen LogP contribution in [0, 0.1) is 5.82 Å². The van der Waals surface area contributed by atoms with Gasteiger partial charge in [0.15, 0.2) is 0 Å². The predicted octanol–water partition coefficient (Wildman–Crippen LogP) is 1.88. The van der Waals surface area contributed by atoms with Gasteiger partial charge in [-0.2, -0.15) is 0 Å². The van der Waals surface area contributed by atoms with Crippen molar-refractivity contribution < 1.29 is 9.50 Å². The first-order valence-electron chi connectivity index (χ1n) is 5.96. The first-order valence-corrected chi connectivity index (χ1v) is 5.96. The van der Waals surface area contributed by atoms with Crippen LogP contribution in [-0.4, -0.2) is 24.3 Å². The van der Waals surface area contributed by atoms with Gasteiger partial charge in [-0.05, 0) is 44.0 Å². The predicted molar refractivity (Wildman–Crippen MR) is 68.5 cm³/mol. The number of rotatable bonds is 6. The van der Waals surface area contributed by atoms with E-state index >= 15 is 0 Å². The molecule has 0 spiro atoms. The summed E-state index contributed by atoms with van der Waals surface area (Å²) in [5, 5.41) is 8.90. The summed E-state index contributed by atoms with van der Waals surface area (Å²) >= 11 is 0. The molecule has 0 unspecified atom stereocenters. The maximum Gasteiger partial charge on any atom is 0.123 e. The number of hydrogen-bond acceptors (Lipinski definition) is 3. The second-order valence-corrected chi connectivity index (χ2v) is 4.34. The van der Waals surface area contributed by atoms with Crippen LogP contribution in [0.25, 0.3) is 0 Å². The summed E-state index contributed by atoms with van der Waals surface area (Å²) < 4.78 is 13.1. The Bertz CT molecular complexity index is 355. The lowest BCUT2D eigenvalue weighted by molar-refractivity contribution is 0.288. The van der Waals surface area contributed by atoms with Crippen LogP contribution >= 0.6 is 0 Å². The summed E-state index contributed by atoms with van der Waals surface area (Å²) in [7, 11) is 0. The fourth-order valence-corrected chi connectivity index (χ4v) is 1.90. The number of hydrogen-bond donors (Lipinski definition) is 2. The number of nitrogens with zero attached hydrogens (tertiary/aromatic N) is 1. The van der Waals surface area contributed by atoms with Crippen LogP contribution in [0.1, 0.15) is 25.8 Å². The van der Waals surface area contributed by atoms with Crippen LogP contribution in [0.4, 0.5) is 10.1 Å². The highest BCUT2D eigenvalue weighted by Gasteiger charge is 2.14. The molecule has 4 heteroatoms. The largest absolute Gasteiger partial charge is 0.396 e. The van der Waals surface area contributed by atoms with E-state index in [9.17, 15) is 4.39 Å². The lowest BCUT2D eigenvalue weighted by Crippen LogP contribution is -2.33.